The van der Waals surface area contributed by atoms with E-state index in [4.69, 9.17) is 10.5 Å². The van der Waals surface area contributed by atoms with Crippen LogP contribution in [0.5, 0.6) is 5.75 Å². The van der Waals surface area contributed by atoms with Gasteiger partial charge in [0.1, 0.15) is 5.75 Å². The van der Waals surface area contributed by atoms with E-state index in [0.717, 1.165) is 46.7 Å². The number of nitrogens with zero attached hydrogens (tertiary/aromatic N) is 3. The lowest BCUT2D eigenvalue weighted by Crippen LogP contribution is -1.99. The Morgan fingerprint density at radius 1 is 1.04 bits per heavy atom. The molecule has 1 aliphatic heterocycles. The molecule has 2 aromatic heterocycles. The normalized spacial score (nSPS) is 13.1. The van der Waals surface area contributed by atoms with Crippen LogP contribution in [0.25, 0.3) is 27.9 Å². The van der Waals surface area contributed by atoms with Crippen molar-refractivity contribution in [1.82, 2.24) is 19.9 Å². The highest BCUT2D eigenvalue weighted by molar-refractivity contribution is 5.92. The van der Waals surface area contributed by atoms with Gasteiger partial charge in [0.25, 0.3) is 0 Å². The van der Waals surface area contributed by atoms with E-state index in [0.29, 0.717) is 0 Å². The van der Waals surface area contributed by atoms with Gasteiger partial charge in [0.05, 0.1) is 7.11 Å². The van der Waals surface area contributed by atoms with Crippen molar-refractivity contribution in [3.05, 3.63) is 65.9 Å². The SMILES string of the molecule is COc1cccc(-c2c(-c3ccc4c(c3)CNC4)ccn3nc(N)nc23)c1. The Labute approximate surface area is 156 Å². The Hall–Kier alpha value is -3.38. The van der Waals surface area contributed by atoms with E-state index in [1.54, 1.807) is 11.6 Å². The van der Waals surface area contributed by atoms with E-state index in [9.17, 15) is 0 Å². The number of rotatable bonds is 3. The molecule has 0 fully saturated rings. The topological polar surface area (TPSA) is 77.5 Å². The highest BCUT2D eigenvalue weighted by Crippen LogP contribution is 2.37. The van der Waals surface area contributed by atoms with Crippen molar-refractivity contribution in [3.8, 4) is 28.0 Å². The van der Waals surface area contributed by atoms with Crippen LogP contribution >= 0.6 is 0 Å². The smallest absolute Gasteiger partial charge is 0.240 e. The van der Waals surface area contributed by atoms with E-state index in [2.05, 4.69) is 45.7 Å². The lowest BCUT2D eigenvalue weighted by atomic mass is 9.94. The maximum absolute atomic E-state index is 5.88. The van der Waals surface area contributed by atoms with Crippen LogP contribution in [0.1, 0.15) is 11.1 Å². The highest BCUT2D eigenvalue weighted by Gasteiger charge is 2.18. The predicted octanol–water partition coefficient (Wildman–Crippen LogP) is 3.26. The van der Waals surface area contributed by atoms with E-state index < -0.39 is 0 Å². The highest BCUT2D eigenvalue weighted by atomic mass is 16.5. The van der Waals surface area contributed by atoms with Gasteiger partial charge in [-0.15, -0.1) is 5.10 Å². The van der Waals surface area contributed by atoms with Crippen molar-refractivity contribution in [3.63, 3.8) is 0 Å². The van der Waals surface area contributed by atoms with Gasteiger partial charge < -0.3 is 15.8 Å². The molecule has 0 bridgehead atoms. The number of nitrogens with one attached hydrogen (secondary N) is 1. The minimum atomic E-state index is 0.259. The summed E-state index contributed by atoms with van der Waals surface area (Å²) in [5, 5.41) is 7.68. The predicted molar refractivity (Wildman–Crippen MR) is 105 cm³/mol. The maximum atomic E-state index is 5.88. The first kappa shape index (κ1) is 15.8. The molecule has 1 aliphatic rings. The first-order valence-corrected chi connectivity index (χ1v) is 8.85. The van der Waals surface area contributed by atoms with Crippen LogP contribution in [-0.4, -0.2) is 21.7 Å². The van der Waals surface area contributed by atoms with Crippen LogP contribution < -0.4 is 15.8 Å². The van der Waals surface area contributed by atoms with Crippen LogP contribution in [-0.2, 0) is 13.1 Å². The summed E-state index contributed by atoms with van der Waals surface area (Å²) < 4.78 is 7.15. The summed E-state index contributed by atoms with van der Waals surface area (Å²) in [4.78, 5) is 4.48. The van der Waals surface area contributed by atoms with Crippen LogP contribution in [0, 0.1) is 0 Å². The van der Waals surface area contributed by atoms with Crippen LogP contribution in [0.4, 0.5) is 5.95 Å². The molecule has 0 saturated heterocycles. The van der Waals surface area contributed by atoms with E-state index >= 15 is 0 Å². The van der Waals surface area contributed by atoms with E-state index in [-0.39, 0.29) is 5.95 Å². The third-order valence-corrected chi connectivity index (χ3v) is 5.03. The van der Waals surface area contributed by atoms with Gasteiger partial charge in [-0.05, 0) is 52.1 Å². The summed E-state index contributed by atoms with van der Waals surface area (Å²) in [6, 6.07) is 16.7. The molecule has 0 saturated carbocycles. The van der Waals surface area contributed by atoms with Crippen molar-refractivity contribution in [2.24, 2.45) is 0 Å². The Bertz CT molecular complexity index is 1160. The number of benzene rings is 2. The van der Waals surface area contributed by atoms with E-state index in [1.807, 2.05) is 24.4 Å². The fourth-order valence-corrected chi connectivity index (χ4v) is 3.73. The summed E-state index contributed by atoms with van der Waals surface area (Å²) in [6.07, 6.45) is 1.91. The molecule has 6 heteroatoms. The lowest BCUT2D eigenvalue weighted by Gasteiger charge is -2.13. The molecule has 4 aromatic rings. The Kier molecular flexibility index (Phi) is 3.58. The molecular weight excluding hydrogens is 338 g/mol. The number of nitrogens with two attached hydrogens (primary N) is 1. The standard InChI is InChI=1S/C21H19N5O/c1-27-17-4-2-3-14(10-17)19-18(7-8-26-20(19)24-21(22)25-26)13-5-6-15-11-23-12-16(15)9-13/h2-10,23H,11-12H2,1H3,(H2,22,25). The fourth-order valence-electron chi connectivity index (χ4n) is 3.73. The molecule has 3 N–H and O–H groups in total. The van der Waals surface area contributed by atoms with Gasteiger partial charge >= 0.3 is 0 Å². The molecular formula is C21H19N5O. The summed E-state index contributed by atoms with van der Waals surface area (Å²) in [7, 11) is 1.67. The number of pyridine rings is 1. The number of fused-ring (bicyclic) bond motifs is 2. The average molecular weight is 357 g/mol. The van der Waals surface area contributed by atoms with Gasteiger partial charge in [-0.25, -0.2) is 4.52 Å². The molecule has 0 atom stereocenters. The number of aromatic nitrogens is 3. The second-order valence-corrected chi connectivity index (χ2v) is 6.66. The van der Waals surface area contributed by atoms with Crippen LogP contribution in [0.15, 0.2) is 54.7 Å². The number of nitrogen functional groups attached to an aromatic ring is 1. The molecule has 0 spiro atoms. The second-order valence-electron chi connectivity index (χ2n) is 6.66. The van der Waals surface area contributed by atoms with Gasteiger partial charge in [-0.3, -0.25) is 0 Å². The summed E-state index contributed by atoms with van der Waals surface area (Å²) in [5.41, 5.74) is 13.6. The first-order valence-electron chi connectivity index (χ1n) is 8.85. The molecule has 134 valence electrons. The van der Waals surface area contributed by atoms with E-state index in [1.165, 1.54) is 11.1 Å². The number of methoxy groups -OCH3 is 1. The zero-order valence-corrected chi connectivity index (χ0v) is 14.9. The van der Waals surface area contributed by atoms with Crippen molar-refractivity contribution >= 4 is 11.6 Å². The third-order valence-electron chi connectivity index (χ3n) is 5.03. The molecule has 0 unspecified atom stereocenters. The average Bonchev–Trinajstić information content (AvgIpc) is 3.31. The maximum Gasteiger partial charge on any atom is 0.240 e. The van der Waals surface area contributed by atoms with Gasteiger partial charge in [0.2, 0.25) is 5.95 Å². The summed E-state index contributed by atoms with van der Waals surface area (Å²) in [6.45, 7) is 1.83. The molecule has 3 heterocycles. The number of ether oxygens (including phenoxy) is 1. The van der Waals surface area contributed by atoms with Gasteiger partial charge in [-0.2, -0.15) is 4.98 Å². The van der Waals surface area contributed by atoms with Crippen LogP contribution in [0.3, 0.4) is 0 Å². The molecule has 27 heavy (non-hydrogen) atoms. The minimum absolute atomic E-state index is 0.259. The summed E-state index contributed by atoms with van der Waals surface area (Å²) >= 11 is 0. The monoisotopic (exact) mass is 357 g/mol. The van der Waals surface area contributed by atoms with Crippen molar-refractivity contribution in [2.45, 2.75) is 13.1 Å². The molecule has 5 rings (SSSR count). The largest absolute Gasteiger partial charge is 0.497 e. The number of hydrogen-bond acceptors (Lipinski definition) is 5. The third kappa shape index (κ3) is 2.62. The van der Waals surface area contributed by atoms with Gasteiger partial charge in [-0.1, -0.05) is 24.3 Å². The summed E-state index contributed by atoms with van der Waals surface area (Å²) in [5.74, 6) is 1.06. The minimum Gasteiger partial charge on any atom is -0.497 e. The first-order chi connectivity index (χ1) is 13.2. The quantitative estimate of drug-likeness (QED) is 0.588. The van der Waals surface area contributed by atoms with Gasteiger partial charge in [0, 0.05) is 24.8 Å². The van der Waals surface area contributed by atoms with Crippen molar-refractivity contribution in [1.29, 1.82) is 0 Å². The van der Waals surface area contributed by atoms with Crippen molar-refractivity contribution in [2.75, 3.05) is 12.8 Å². The Morgan fingerprint density at radius 2 is 1.93 bits per heavy atom. The zero-order valence-electron chi connectivity index (χ0n) is 14.9. The van der Waals surface area contributed by atoms with Gasteiger partial charge in [0.15, 0.2) is 5.65 Å². The molecule has 6 nitrogen and oxygen atoms in total. The Morgan fingerprint density at radius 3 is 2.81 bits per heavy atom. The Balaban J connectivity index is 1.79. The number of anilines is 1. The lowest BCUT2D eigenvalue weighted by molar-refractivity contribution is 0.415. The zero-order chi connectivity index (χ0) is 18.4. The molecule has 2 aromatic carbocycles. The second kappa shape index (κ2) is 6.10. The number of hydrogen-bond donors (Lipinski definition) is 2. The molecule has 0 aliphatic carbocycles. The molecule has 0 radical (unpaired) electrons. The molecule has 0 amide bonds. The fraction of sp³-hybridized carbons (Fsp3) is 0.143. The van der Waals surface area contributed by atoms with Crippen LogP contribution in [0.2, 0.25) is 0 Å². The van der Waals surface area contributed by atoms with Crippen molar-refractivity contribution < 1.29 is 4.74 Å².